The van der Waals surface area contributed by atoms with Crippen molar-refractivity contribution in [1.82, 2.24) is 10.6 Å². The monoisotopic (exact) mass is 230 g/mol. The number of carbonyl (C=O) groups is 1. The van der Waals surface area contributed by atoms with Crippen LogP contribution in [0.15, 0.2) is 0 Å². The molecule has 0 bridgehead atoms. The molecule has 0 aromatic heterocycles. The molecule has 0 spiro atoms. The Kier molecular flexibility index (Phi) is 6.10. The fraction of sp³-hybridized carbons (Fsp3) is 0.909. The van der Waals surface area contributed by atoms with E-state index < -0.39 is 0 Å². The molecule has 1 rings (SSSR count). The van der Waals surface area contributed by atoms with Crippen molar-refractivity contribution >= 4 is 17.7 Å². The van der Waals surface area contributed by atoms with E-state index >= 15 is 0 Å². The maximum atomic E-state index is 11.4. The Morgan fingerprint density at radius 3 is 2.67 bits per heavy atom. The second kappa shape index (κ2) is 7.12. The average Bonchev–Trinajstić information content (AvgIpc) is 2.25. The molecule has 0 aliphatic carbocycles. The van der Waals surface area contributed by atoms with Crippen molar-refractivity contribution in [3.05, 3.63) is 0 Å². The molecule has 1 saturated heterocycles. The Balaban J connectivity index is 2.05. The first-order valence-corrected chi connectivity index (χ1v) is 6.91. The number of hydrogen-bond donors (Lipinski definition) is 2. The molecule has 0 aromatic carbocycles. The Labute approximate surface area is 96.8 Å². The number of nitrogens with one attached hydrogen (secondary N) is 2. The maximum Gasteiger partial charge on any atom is 0.233 e. The molecule has 1 aliphatic rings. The molecule has 0 atom stereocenters. The summed E-state index contributed by atoms with van der Waals surface area (Å²) in [6.45, 7) is 5.46. The molecule has 4 heteroatoms. The molecule has 3 nitrogen and oxygen atoms in total. The predicted molar refractivity (Wildman–Crippen MR) is 66.2 cm³/mol. The van der Waals surface area contributed by atoms with Crippen LogP contribution >= 0.6 is 11.8 Å². The van der Waals surface area contributed by atoms with Crippen molar-refractivity contribution in [2.24, 2.45) is 5.92 Å². The van der Waals surface area contributed by atoms with E-state index in [1.54, 1.807) is 0 Å². The lowest BCUT2D eigenvalue weighted by atomic mass is 10.1. The van der Waals surface area contributed by atoms with Crippen molar-refractivity contribution in [2.75, 3.05) is 24.6 Å². The van der Waals surface area contributed by atoms with E-state index in [-0.39, 0.29) is 5.91 Å². The molecule has 1 amide bonds. The summed E-state index contributed by atoms with van der Waals surface area (Å²) >= 11 is 2.01. The van der Waals surface area contributed by atoms with Gasteiger partial charge in [-0.05, 0) is 30.3 Å². The van der Waals surface area contributed by atoms with Crippen LogP contribution in [0.25, 0.3) is 0 Å². The Morgan fingerprint density at radius 1 is 1.40 bits per heavy atom. The number of rotatable bonds is 5. The molecule has 1 aliphatic heterocycles. The van der Waals surface area contributed by atoms with E-state index in [2.05, 4.69) is 24.5 Å². The molecular formula is C11H22N2OS. The molecule has 1 heterocycles. The highest BCUT2D eigenvalue weighted by atomic mass is 32.2. The molecule has 15 heavy (non-hydrogen) atoms. The highest BCUT2D eigenvalue weighted by Crippen LogP contribution is 2.16. The molecule has 0 unspecified atom stereocenters. The van der Waals surface area contributed by atoms with E-state index in [9.17, 15) is 4.79 Å². The first-order valence-electron chi connectivity index (χ1n) is 5.76. The average molecular weight is 230 g/mol. The quantitative estimate of drug-likeness (QED) is 0.747. The lowest BCUT2D eigenvalue weighted by Gasteiger charge is -2.22. The van der Waals surface area contributed by atoms with Gasteiger partial charge in [-0.1, -0.05) is 13.8 Å². The van der Waals surface area contributed by atoms with E-state index in [1.807, 2.05) is 11.8 Å². The normalized spacial score (nSPS) is 18.1. The summed E-state index contributed by atoms with van der Waals surface area (Å²) in [6, 6.07) is 0.552. The third-order valence-corrected chi connectivity index (χ3v) is 3.53. The topological polar surface area (TPSA) is 41.1 Å². The second-order valence-corrected chi connectivity index (χ2v) is 5.69. The van der Waals surface area contributed by atoms with Gasteiger partial charge in [0.05, 0.1) is 6.54 Å². The summed E-state index contributed by atoms with van der Waals surface area (Å²) in [4.78, 5) is 11.4. The Morgan fingerprint density at radius 2 is 2.07 bits per heavy atom. The van der Waals surface area contributed by atoms with Crippen molar-refractivity contribution in [2.45, 2.75) is 32.7 Å². The molecule has 0 saturated carbocycles. The third-order valence-electron chi connectivity index (χ3n) is 2.48. The second-order valence-electron chi connectivity index (χ2n) is 4.47. The van der Waals surface area contributed by atoms with Gasteiger partial charge >= 0.3 is 0 Å². The molecule has 1 fully saturated rings. The van der Waals surface area contributed by atoms with Gasteiger partial charge < -0.3 is 10.6 Å². The summed E-state index contributed by atoms with van der Waals surface area (Å²) < 4.78 is 0. The highest BCUT2D eigenvalue weighted by molar-refractivity contribution is 7.99. The SMILES string of the molecule is CC(C)CNC(=O)CNC1CCSCC1. The number of amides is 1. The van der Waals surface area contributed by atoms with Crippen molar-refractivity contribution in [3.8, 4) is 0 Å². The maximum absolute atomic E-state index is 11.4. The van der Waals surface area contributed by atoms with Crippen LogP contribution in [0.3, 0.4) is 0 Å². The van der Waals surface area contributed by atoms with E-state index in [0.29, 0.717) is 18.5 Å². The molecule has 0 aromatic rings. The van der Waals surface area contributed by atoms with Crippen LogP contribution in [0, 0.1) is 5.92 Å². The fourth-order valence-corrected chi connectivity index (χ4v) is 2.63. The van der Waals surface area contributed by atoms with Gasteiger partial charge in [0.15, 0.2) is 0 Å². The van der Waals surface area contributed by atoms with E-state index in [0.717, 1.165) is 6.54 Å². The van der Waals surface area contributed by atoms with Gasteiger partial charge in [-0.25, -0.2) is 0 Å². The summed E-state index contributed by atoms with van der Waals surface area (Å²) in [5.41, 5.74) is 0. The fourth-order valence-electron chi connectivity index (χ4n) is 1.52. The molecule has 88 valence electrons. The zero-order chi connectivity index (χ0) is 11.1. The zero-order valence-corrected chi connectivity index (χ0v) is 10.5. The lowest BCUT2D eigenvalue weighted by Crippen LogP contribution is -2.41. The van der Waals surface area contributed by atoms with Gasteiger partial charge in [0.1, 0.15) is 0 Å². The Hall–Kier alpha value is -0.220. The zero-order valence-electron chi connectivity index (χ0n) is 9.71. The minimum atomic E-state index is 0.127. The molecule has 2 N–H and O–H groups in total. The lowest BCUT2D eigenvalue weighted by molar-refractivity contribution is -0.120. The van der Waals surface area contributed by atoms with Crippen molar-refractivity contribution in [1.29, 1.82) is 0 Å². The smallest absolute Gasteiger partial charge is 0.233 e. The summed E-state index contributed by atoms with van der Waals surface area (Å²) in [7, 11) is 0. The minimum absolute atomic E-state index is 0.127. The standard InChI is InChI=1S/C11H22N2OS/c1-9(2)7-13-11(14)8-12-10-3-5-15-6-4-10/h9-10,12H,3-8H2,1-2H3,(H,13,14). The number of hydrogen-bond acceptors (Lipinski definition) is 3. The van der Waals surface area contributed by atoms with Crippen LogP contribution in [-0.4, -0.2) is 36.5 Å². The molecule has 0 radical (unpaired) electrons. The first kappa shape index (κ1) is 12.8. The summed E-state index contributed by atoms with van der Waals surface area (Å²) in [5.74, 6) is 3.11. The number of carbonyl (C=O) groups excluding carboxylic acids is 1. The van der Waals surface area contributed by atoms with Crippen LogP contribution in [0.1, 0.15) is 26.7 Å². The van der Waals surface area contributed by atoms with Gasteiger partial charge in [0.25, 0.3) is 0 Å². The van der Waals surface area contributed by atoms with Gasteiger partial charge in [-0.15, -0.1) is 0 Å². The Bertz CT molecular complexity index is 191. The first-order chi connectivity index (χ1) is 7.18. The van der Waals surface area contributed by atoms with Gasteiger partial charge in [-0.3, -0.25) is 4.79 Å². The number of thioether (sulfide) groups is 1. The van der Waals surface area contributed by atoms with E-state index in [4.69, 9.17) is 0 Å². The highest BCUT2D eigenvalue weighted by Gasteiger charge is 2.13. The van der Waals surface area contributed by atoms with Crippen LogP contribution in [0.4, 0.5) is 0 Å². The van der Waals surface area contributed by atoms with Gasteiger partial charge in [0, 0.05) is 12.6 Å². The van der Waals surface area contributed by atoms with E-state index in [1.165, 1.54) is 24.3 Å². The summed E-state index contributed by atoms with van der Waals surface area (Å²) in [5, 5.41) is 6.23. The van der Waals surface area contributed by atoms with Crippen molar-refractivity contribution < 1.29 is 4.79 Å². The van der Waals surface area contributed by atoms with Crippen LogP contribution in [-0.2, 0) is 4.79 Å². The third kappa shape index (κ3) is 6.05. The van der Waals surface area contributed by atoms with Crippen LogP contribution < -0.4 is 10.6 Å². The van der Waals surface area contributed by atoms with Crippen LogP contribution in [0.5, 0.6) is 0 Å². The van der Waals surface area contributed by atoms with Gasteiger partial charge in [-0.2, -0.15) is 11.8 Å². The largest absolute Gasteiger partial charge is 0.355 e. The summed E-state index contributed by atoms with van der Waals surface area (Å²) in [6.07, 6.45) is 2.39. The van der Waals surface area contributed by atoms with Gasteiger partial charge in [0.2, 0.25) is 5.91 Å². The predicted octanol–water partition coefficient (Wildman–Crippen LogP) is 1.24. The van der Waals surface area contributed by atoms with Crippen molar-refractivity contribution in [3.63, 3.8) is 0 Å². The minimum Gasteiger partial charge on any atom is -0.355 e. The molecular weight excluding hydrogens is 208 g/mol. The van der Waals surface area contributed by atoms with Crippen LogP contribution in [0.2, 0.25) is 0 Å².